The molecule has 0 bridgehead atoms. The van der Waals surface area contributed by atoms with Crippen LogP contribution < -0.4 is 0 Å². The molecular weight excluding hydrogens is 362 g/mol. The Kier molecular flexibility index (Phi) is 6.70. The van der Waals surface area contributed by atoms with E-state index in [4.69, 9.17) is 0 Å². The molecule has 2 amide bonds. The second kappa shape index (κ2) is 9.41. The van der Waals surface area contributed by atoms with Gasteiger partial charge in [-0.1, -0.05) is 48.5 Å². The predicted octanol–water partition coefficient (Wildman–Crippen LogP) is 4.00. The zero-order valence-electron chi connectivity index (χ0n) is 17.4. The van der Waals surface area contributed by atoms with E-state index in [9.17, 15) is 9.59 Å². The Morgan fingerprint density at radius 2 is 1.69 bits per heavy atom. The summed E-state index contributed by atoms with van der Waals surface area (Å²) in [7, 11) is 0. The molecule has 0 saturated carbocycles. The molecule has 3 rings (SSSR count). The number of para-hydroxylation sites is 1. The van der Waals surface area contributed by atoms with Gasteiger partial charge < -0.3 is 14.8 Å². The third kappa shape index (κ3) is 5.25. The van der Waals surface area contributed by atoms with Gasteiger partial charge in [-0.15, -0.1) is 0 Å². The number of fused-ring (bicyclic) bond motifs is 1. The number of nitrogens with one attached hydrogen (secondary N) is 1. The van der Waals surface area contributed by atoms with Crippen LogP contribution in [0.25, 0.3) is 10.9 Å². The molecule has 0 atom stereocenters. The Hall–Kier alpha value is -3.08. The van der Waals surface area contributed by atoms with Crippen molar-refractivity contribution < 1.29 is 9.59 Å². The van der Waals surface area contributed by atoms with Crippen molar-refractivity contribution in [1.82, 2.24) is 14.8 Å². The SMILES string of the molecule is CC(=O)N(CC(=O)N(CCc1c[nH]c2ccccc12)Cc1ccccc1)C(C)C. The number of aromatic nitrogens is 1. The van der Waals surface area contributed by atoms with Crippen LogP contribution >= 0.6 is 0 Å². The standard InChI is InChI=1S/C24H29N3O2/c1-18(2)27(19(3)28)17-24(29)26(16-20-9-5-4-6-10-20)14-13-21-15-25-23-12-8-7-11-22(21)23/h4-12,15,18,25H,13-14,16-17H2,1-3H3. The van der Waals surface area contributed by atoms with Gasteiger partial charge in [-0.05, 0) is 37.5 Å². The molecule has 0 saturated heterocycles. The van der Waals surface area contributed by atoms with Crippen molar-refractivity contribution in [2.75, 3.05) is 13.1 Å². The first kappa shape index (κ1) is 20.6. The zero-order chi connectivity index (χ0) is 20.8. The first-order chi connectivity index (χ1) is 14.0. The molecule has 0 fully saturated rings. The van der Waals surface area contributed by atoms with Crippen molar-refractivity contribution in [2.45, 2.75) is 39.8 Å². The van der Waals surface area contributed by atoms with E-state index in [2.05, 4.69) is 17.1 Å². The Morgan fingerprint density at radius 1 is 1.00 bits per heavy atom. The van der Waals surface area contributed by atoms with Gasteiger partial charge in [0.05, 0.1) is 6.54 Å². The summed E-state index contributed by atoms with van der Waals surface area (Å²) in [6.07, 6.45) is 2.77. The van der Waals surface area contributed by atoms with E-state index in [1.54, 1.807) is 4.90 Å². The van der Waals surface area contributed by atoms with Crippen LogP contribution in [0.5, 0.6) is 0 Å². The Balaban J connectivity index is 1.76. The minimum absolute atomic E-state index is 0.0105. The van der Waals surface area contributed by atoms with Crippen LogP contribution in [-0.2, 0) is 22.6 Å². The minimum Gasteiger partial charge on any atom is -0.361 e. The van der Waals surface area contributed by atoms with Gasteiger partial charge in [0.15, 0.2) is 0 Å². The maximum Gasteiger partial charge on any atom is 0.242 e. The summed E-state index contributed by atoms with van der Waals surface area (Å²) < 4.78 is 0. The third-order valence-electron chi connectivity index (χ3n) is 5.23. The second-order valence-corrected chi connectivity index (χ2v) is 7.65. The summed E-state index contributed by atoms with van der Waals surface area (Å²) in [5.74, 6) is -0.109. The molecule has 5 heteroatoms. The van der Waals surface area contributed by atoms with Crippen LogP contribution in [-0.4, -0.2) is 45.7 Å². The molecule has 0 radical (unpaired) electrons. The van der Waals surface area contributed by atoms with Crippen LogP contribution in [0.3, 0.4) is 0 Å². The Morgan fingerprint density at radius 3 is 2.38 bits per heavy atom. The highest BCUT2D eigenvalue weighted by Crippen LogP contribution is 2.19. The second-order valence-electron chi connectivity index (χ2n) is 7.65. The number of carbonyl (C=O) groups excluding carboxylic acids is 2. The van der Waals surface area contributed by atoms with Gasteiger partial charge in [-0.3, -0.25) is 9.59 Å². The monoisotopic (exact) mass is 391 g/mol. The van der Waals surface area contributed by atoms with Crippen molar-refractivity contribution in [3.63, 3.8) is 0 Å². The normalized spacial score (nSPS) is 11.0. The first-order valence-corrected chi connectivity index (χ1v) is 10.1. The number of hydrogen-bond donors (Lipinski definition) is 1. The van der Waals surface area contributed by atoms with Crippen molar-refractivity contribution in [3.05, 3.63) is 71.9 Å². The summed E-state index contributed by atoms with van der Waals surface area (Å²) in [6.45, 7) is 6.62. The number of amides is 2. The molecular formula is C24H29N3O2. The molecule has 29 heavy (non-hydrogen) atoms. The molecule has 0 unspecified atom stereocenters. The zero-order valence-corrected chi connectivity index (χ0v) is 17.4. The third-order valence-corrected chi connectivity index (χ3v) is 5.23. The average molecular weight is 392 g/mol. The fourth-order valence-electron chi connectivity index (χ4n) is 3.59. The fraction of sp³-hybridized carbons (Fsp3) is 0.333. The summed E-state index contributed by atoms with van der Waals surface area (Å²) in [5.41, 5.74) is 3.38. The molecule has 0 aliphatic carbocycles. The number of rotatable bonds is 8. The van der Waals surface area contributed by atoms with Crippen molar-refractivity contribution in [1.29, 1.82) is 0 Å². The van der Waals surface area contributed by atoms with Crippen LogP contribution in [0.4, 0.5) is 0 Å². The Labute approximate surface area is 172 Å². The van der Waals surface area contributed by atoms with Crippen LogP contribution in [0.1, 0.15) is 31.9 Å². The highest BCUT2D eigenvalue weighted by molar-refractivity contribution is 5.85. The topological polar surface area (TPSA) is 56.4 Å². The lowest BCUT2D eigenvalue weighted by Crippen LogP contribution is -2.45. The van der Waals surface area contributed by atoms with E-state index < -0.39 is 0 Å². The molecule has 1 aromatic heterocycles. The molecule has 0 aliphatic heterocycles. The van der Waals surface area contributed by atoms with Crippen molar-refractivity contribution >= 4 is 22.7 Å². The lowest BCUT2D eigenvalue weighted by atomic mass is 10.1. The quantitative estimate of drug-likeness (QED) is 0.631. The molecule has 5 nitrogen and oxygen atoms in total. The first-order valence-electron chi connectivity index (χ1n) is 10.1. The van der Waals surface area contributed by atoms with Crippen LogP contribution in [0, 0.1) is 0 Å². The summed E-state index contributed by atoms with van der Waals surface area (Å²) in [6, 6.07) is 18.2. The summed E-state index contributed by atoms with van der Waals surface area (Å²) in [4.78, 5) is 31.8. The molecule has 3 aromatic rings. The summed E-state index contributed by atoms with van der Waals surface area (Å²) >= 11 is 0. The van der Waals surface area contributed by atoms with E-state index in [0.29, 0.717) is 13.1 Å². The molecule has 2 aromatic carbocycles. The van der Waals surface area contributed by atoms with Crippen molar-refractivity contribution in [2.24, 2.45) is 0 Å². The number of benzene rings is 2. The van der Waals surface area contributed by atoms with E-state index in [1.165, 1.54) is 17.9 Å². The number of aromatic amines is 1. The average Bonchev–Trinajstić information content (AvgIpc) is 3.12. The van der Waals surface area contributed by atoms with Gasteiger partial charge in [0.2, 0.25) is 11.8 Å². The number of H-pyrrole nitrogens is 1. The largest absolute Gasteiger partial charge is 0.361 e. The van der Waals surface area contributed by atoms with Gasteiger partial charge in [-0.25, -0.2) is 0 Å². The molecule has 1 N–H and O–H groups in total. The lowest BCUT2D eigenvalue weighted by Gasteiger charge is -2.29. The number of nitrogens with zero attached hydrogens (tertiary/aromatic N) is 2. The Bertz CT molecular complexity index is 962. The highest BCUT2D eigenvalue weighted by Gasteiger charge is 2.21. The maximum absolute atomic E-state index is 13.1. The minimum atomic E-state index is -0.0790. The van der Waals surface area contributed by atoms with Gasteiger partial charge in [-0.2, -0.15) is 0 Å². The van der Waals surface area contributed by atoms with E-state index in [0.717, 1.165) is 17.5 Å². The lowest BCUT2D eigenvalue weighted by molar-refractivity contribution is -0.141. The van der Waals surface area contributed by atoms with Gasteiger partial charge in [0.25, 0.3) is 0 Å². The van der Waals surface area contributed by atoms with E-state index >= 15 is 0 Å². The van der Waals surface area contributed by atoms with Gasteiger partial charge in [0, 0.05) is 43.2 Å². The van der Waals surface area contributed by atoms with E-state index in [-0.39, 0.29) is 24.4 Å². The van der Waals surface area contributed by atoms with E-state index in [1.807, 2.05) is 67.4 Å². The molecule has 0 spiro atoms. The van der Waals surface area contributed by atoms with Gasteiger partial charge in [0.1, 0.15) is 0 Å². The molecule has 152 valence electrons. The van der Waals surface area contributed by atoms with Crippen LogP contribution in [0.15, 0.2) is 60.8 Å². The summed E-state index contributed by atoms with van der Waals surface area (Å²) in [5, 5.41) is 1.19. The predicted molar refractivity (Wildman–Crippen MR) is 116 cm³/mol. The number of carbonyl (C=O) groups is 2. The molecule has 0 aliphatic rings. The van der Waals surface area contributed by atoms with Gasteiger partial charge >= 0.3 is 0 Å². The smallest absolute Gasteiger partial charge is 0.242 e. The van der Waals surface area contributed by atoms with Crippen molar-refractivity contribution in [3.8, 4) is 0 Å². The maximum atomic E-state index is 13.1. The fourth-order valence-corrected chi connectivity index (χ4v) is 3.59. The molecule has 1 heterocycles. The van der Waals surface area contributed by atoms with Crippen LogP contribution in [0.2, 0.25) is 0 Å². The number of hydrogen-bond acceptors (Lipinski definition) is 2. The highest BCUT2D eigenvalue weighted by atomic mass is 16.2.